The fourth-order valence-corrected chi connectivity index (χ4v) is 3.47. The number of nitrogens with one attached hydrogen (secondary N) is 2. The third-order valence-electron chi connectivity index (χ3n) is 5.08. The highest BCUT2D eigenvalue weighted by Gasteiger charge is 2.23. The second-order valence-corrected chi connectivity index (χ2v) is 7.23. The van der Waals surface area contributed by atoms with Gasteiger partial charge >= 0.3 is 6.09 Å². The molecule has 0 unspecified atom stereocenters. The minimum Gasteiger partial charge on any atom is -0.450 e. The van der Waals surface area contributed by atoms with E-state index in [0.29, 0.717) is 32.3 Å². The zero-order valence-corrected chi connectivity index (χ0v) is 17.9. The molecular weight excluding hydrogens is 380 g/mol. The van der Waals surface area contributed by atoms with E-state index in [-0.39, 0.29) is 6.09 Å². The fraction of sp³-hybridized carbons (Fsp3) is 0.500. The van der Waals surface area contributed by atoms with E-state index >= 15 is 0 Å². The van der Waals surface area contributed by atoms with Crippen LogP contribution in [0, 0.1) is 0 Å². The summed E-state index contributed by atoms with van der Waals surface area (Å²) in [6, 6.07) is 10.6. The fourth-order valence-electron chi connectivity index (χ4n) is 3.47. The summed E-state index contributed by atoms with van der Waals surface area (Å²) in [4.78, 5) is 18.3. The molecule has 1 saturated heterocycles. The van der Waals surface area contributed by atoms with Crippen molar-refractivity contribution in [3.8, 4) is 5.69 Å². The molecule has 1 fully saturated rings. The second kappa shape index (κ2) is 11.2. The smallest absolute Gasteiger partial charge is 0.409 e. The van der Waals surface area contributed by atoms with Crippen molar-refractivity contribution in [2.45, 2.75) is 39.2 Å². The molecule has 1 amide bonds. The number of rotatable bonds is 7. The number of aromatic nitrogens is 2. The van der Waals surface area contributed by atoms with Gasteiger partial charge in [0, 0.05) is 44.6 Å². The maximum absolute atomic E-state index is 11.8. The largest absolute Gasteiger partial charge is 0.450 e. The molecule has 2 N–H and O–H groups in total. The Balaban J connectivity index is 1.47. The lowest BCUT2D eigenvalue weighted by atomic mass is 10.1. The Labute approximate surface area is 178 Å². The Kier molecular flexibility index (Phi) is 8.11. The van der Waals surface area contributed by atoms with Crippen LogP contribution in [0.5, 0.6) is 0 Å². The molecule has 30 heavy (non-hydrogen) atoms. The molecule has 0 radical (unpaired) electrons. The van der Waals surface area contributed by atoms with E-state index in [9.17, 15) is 4.79 Å². The van der Waals surface area contributed by atoms with Crippen LogP contribution in [0.2, 0.25) is 0 Å². The third-order valence-corrected chi connectivity index (χ3v) is 5.08. The standard InChI is InChI=1S/C22H32N6O2/c1-3-23-21(26-19-11-16-27(17-12-19)22(29)30-4-2)24-14-10-18-6-8-20(9-7-18)28-15-5-13-25-28/h5-9,13,15,19H,3-4,10-12,14,16-17H2,1-2H3,(H2,23,24,26). The summed E-state index contributed by atoms with van der Waals surface area (Å²) in [5.74, 6) is 0.834. The molecule has 0 bridgehead atoms. The minimum atomic E-state index is -0.213. The van der Waals surface area contributed by atoms with Crippen LogP contribution < -0.4 is 10.6 Å². The molecule has 8 heteroatoms. The van der Waals surface area contributed by atoms with E-state index in [1.54, 1.807) is 11.1 Å². The molecule has 1 aliphatic rings. The highest BCUT2D eigenvalue weighted by Crippen LogP contribution is 2.12. The first-order valence-corrected chi connectivity index (χ1v) is 10.7. The first-order valence-electron chi connectivity index (χ1n) is 10.7. The molecule has 1 aliphatic heterocycles. The number of hydrogen-bond acceptors (Lipinski definition) is 4. The Morgan fingerprint density at radius 1 is 1.23 bits per heavy atom. The maximum Gasteiger partial charge on any atom is 0.409 e. The van der Waals surface area contributed by atoms with Gasteiger partial charge in [-0.1, -0.05) is 12.1 Å². The minimum absolute atomic E-state index is 0.213. The van der Waals surface area contributed by atoms with E-state index in [1.165, 1.54) is 5.56 Å². The van der Waals surface area contributed by atoms with Gasteiger partial charge in [-0.15, -0.1) is 0 Å². The predicted octanol–water partition coefficient (Wildman–Crippen LogP) is 2.59. The van der Waals surface area contributed by atoms with Crippen LogP contribution in [0.15, 0.2) is 47.7 Å². The van der Waals surface area contributed by atoms with Crippen molar-refractivity contribution in [3.63, 3.8) is 0 Å². The van der Waals surface area contributed by atoms with Crippen molar-refractivity contribution in [2.75, 3.05) is 32.8 Å². The molecule has 0 aliphatic carbocycles. The van der Waals surface area contributed by atoms with Crippen molar-refractivity contribution >= 4 is 12.1 Å². The average molecular weight is 413 g/mol. The Bertz CT molecular complexity index is 796. The Morgan fingerprint density at radius 2 is 2.00 bits per heavy atom. The highest BCUT2D eigenvalue weighted by molar-refractivity contribution is 5.80. The summed E-state index contributed by atoms with van der Waals surface area (Å²) in [6.45, 7) is 7.25. The lowest BCUT2D eigenvalue weighted by molar-refractivity contribution is 0.0963. The van der Waals surface area contributed by atoms with Gasteiger partial charge < -0.3 is 20.3 Å². The Hall–Kier alpha value is -3.03. The van der Waals surface area contributed by atoms with Gasteiger partial charge in [0.05, 0.1) is 12.3 Å². The van der Waals surface area contributed by atoms with Crippen molar-refractivity contribution in [1.82, 2.24) is 25.3 Å². The summed E-state index contributed by atoms with van der Waals surface area (Å²) in [7, 11) is 0. The van der Waals surface area contributed by atoms with Gasteiger partial charge in [0.2, 0.25) is 0 Å². The van der Waals surface area contributed by atoms with Crippen molar-refractivity contribution in [1.29, 1.82) is 0 Å². The molecule has 3 rings (SSSR count). The van der Waals surface area contributed by atoms with Gasteiger partial charge in [-0.05, 0) is 56.9 Å². The SMILES string of the molecule is CCNC(=NCCc1ccc(-n2cccn2)cc1)NC1CCN(C(=O)OCC)CC1. The number of nitrogens with zero attached hydrogens (tertiary/aromatic N) is 4. The second-order valence-electron chi connectivity index (χ2n) is 7.23. The number of carbonyl (C=O) groups is 1. The third kappa shape index (κ3) is 6.23. The van der Waals surface area contributed by atoms with Gasteiger partial charge in [-0.2, -0.15) is 5.10 Å². The van der Waals surface area contributed by atoms with Gasteiger partial charge in [-0.3, -0.25) is 4.99 Å². The summed E-state index contributed by atoms with van der Waals surface area (Å²) in [5.41, 5.74) is 2.30. The highest BCUT2D eigenvalue weighted by atomic mass is 16.6. The first kappa shape index (κ1) is 21.7. The normalized spacial score (nSPS) is 15.1. The van der Waals surface area contributed by atoms with Crippen molar-refractivity contribution in [3.05, 3.63) is 48.3 Å². The number of likely N-dealkylation sites (tertiary alicyclic amines) is 1. The zero-order valence-electron chi connectivity index (χ0n) is 17.9. The summed E-state index contributed by atoms with van der Waals surface area (Å²) >= 11 is 0. The van der Waals surface area contributed by atoms with Crippen LogP contribution in [0.4, 0.5) is 4.79 Å². The Morgan fingerprint density at radius 3 is 2.63 bits per heavy atom. The number of carbonyl (C=O) groups excluding carboxylic acids is 1. The van der Waals surface area contributed by atoms with Crippen LogP contribution in [0.1, 0.15) is 32.3 Å². The van der Waals surface area contributed by atoms with Crippen molar-refractivity contribution < 1.29 is 9.53 Å². The van der Waals surface area contributed by atoms with E-state index in [1.807, 2.05) is 23.9 Å². The molecule has 2 heterocycles. The van der Waals surface area contributed by atoms with Gasteiger partial charge in [0.15, 0.2) is 5.96 Å². The molecule has 1 aromatic heterocycles. The van der Waals surface area contributed by atoms with E-state index < -0.39 is 0 Å². The zero-order chi connectivity index (χ0) is 21.2. The molecular formula is C22H32N6O2. The molecule has 0 spiro atoms. The van der Waals surface area contributed by atoms with Crippen LogP contribution >= 0.6 is 0 Å². The molecule has 2 aromatic rings. The average Bonchev–Trinajstić information content (AvgIpc) is 3.30. The maximum atomic E-state index is 11.8. The van der Waals surface area contributed by atoms with E-state index in [2.05, 4.69) is 46.9 Å². The number of benzene rings is 1. The molecule has 1 aromatic carbocycles. The lowest BCUT2D eigenvalue weighted by Gasteiger charge is -2.32. The first-order chi connectivity index (χ1) is 14.7. The summed E-state index contributed by atoms with van der Waals surface area (Å²) < 4.78 is 6.94. The van der Waals surface area contributed by atoms with Gasteiger partial charge in [0.1, 0.15) is 0 Å². The van der Waals surface area contributed by atoms with Crippen LogP contribution in [-0.4, -0.2) is 65.6 Å². The lowest BCUT2D eigenvalue weighted by Crippen LogP contribution is -2.50. The van der Waals surface area contributed by atoms with E-state index in [0.717, 1.165) is 37.5 Å². The number of ether oxygens (including phenoxy) is 1. The number of amides is 1. The topological polar surface area (TPSA) is 83.8 Å². The molecule has 162 valence electrons. The van der Waals surface area contributed by atoms with Gasteiger partial charge in [-0.25, -0.2) is 9.48 Å². The molecule has 0 atom stereocenters. The number of guanidine groups is 1. The molecule has 0 saturated carbocycles. The number of piperidine rings is 1. The quantitative estimate of drug-likeness (QED) is 0.539. The molecule has 8 nitrogen and oxygen atoms in total. The predicted molar refractivity (Wildman–Crippen MR) is 118 cm³/mol. The van der Waals surface area contributed by atoms with E-state index in [4.69, 9.17) is 9.73 Å². The monoisotopic (exact) mass is 412 g/mol. The van der Waals surface area contributed by atoms with Crippen LogP contribution in [0.25, 0.3) is 5.69 Å². The van der Waals surface area contributed by atoms with Crippen LogP contribution in [0.3, 0.4) is 0 Å². The summed E-state index contributed by atoms with van der Waals surface area (Å²) in [6.07, 6.45) is 6.15. The van der Waals surface area contributed by atoms with Crippen molar-refractivity contribution in [2.24, 2.45) is 4.99 Å². The number of hydrogen-bond donors (Lipinski definition) is 2. The van der Waals surface area contributed by atoms with Gasteiger partial charge in [0.25, 0.3) is 0 Å². The van der Waals surface area contributed by atoms with Crippen LogP contribution in [-0.2, 0) is 11.2 Å². The summed E-state index contributed by atoms with van der Waals surface area (Å²) in [5, 5.41) is 11.1. The number of aliphatic imine (C=N–C) groups is 1.